The van der Waals surface area contributed by atoms with E-state index in [2.05, 4.69) is 0 Å². The summed E-state index contributed by atoms with van der Waals surface area (Å²) in [6.07, 6.45) is 1.97. The summed E-state index contributed by atoms with van der Waals surface area (Å²) in [5.74, 6) is -0.235. The highest BCUT2D eigenvalue weighted by Gasteiger charge is 2.25. The van der Waals surface area contributed by atoms with Crippen molar-refractivity contribution in [1.29, 1.82) is 0 Å². The lowest BCUT2D eigenvalue weighted by molar-refractivity contribution is 0.0748. The van der Waals surface area contributed by atoms with Gasteiger partial charge in [0, 0.05) is 44.8 Å². The van der Waals surface area contributed by atoms with Gasteiger partial charge in [0.15, 0.2) is 0 Å². The number of aryl methyl sites for hydroxylation is 2. The van der Waals surface area contributed by atoms with E-state index in [-0.39, 0.29) is 11.7 Å². The Labute approximate surface area is 186 Å². The third kappa shape index (κ3) is 3.62. The second-order valence-electron chi connectivity index (χ2n) is 8.31. The summed E-state index contributed by atoms with van der Waals surface area (Å²) in [4.78, 5) is 22.3. The van der Waals surface area contributed by atoms with Crippen molar-refractivity contribution in [3.63, 3.8) is 0 Å². The van der Waals surface area contributed by atoms with Crippen molar-refractivity contribution < 1.29 is 9.18 Å². The van der Waals surface area contributed by atoms with Crippen molar-refractivity contribution in [2.75, 3.05) is 31.1 Å². The number of hydrogen-bond acceptors (Lipinski definition) is 3. The number of pyridine rings is 1. The van der Waals surface area contributed by atoms with Gasteiger partial charge in [-0.1, -0.05) is 23.8 Å². The van der Waals surface area contributed by atoms with Crippen LogP contribution in [-0.4, -0.2) is 46.5 Å². The second kappa shape index (κ2) is 8.11. The van der Waals surface area contributed by atoms with Crippen LogP contribution in [0.5, 0.6) is 0 Å². The van der Waals surface area contributed by atoms with Gasteiger partial charge in [0.25, 0.3) is 5.91 Å². The van der Waals surface area contributed by atoms with Crippen molar-refractivity contribution in [3.05, 3.63) is 83.8 Å². The molecule has 4 aromatic rings. The molecule has 0 spiro atoms. The first-order chi connectivity index (χ1) is 15.5. The van der Waals surface area contributed by atoms with Crippen LogP contribution in [0.15, 0.2) is 66.9 Å². The smallest absolute Gasteiger partial charge is 0.254 e. The molecule has 32 heavy (non-hydrogen) atoms. The van der Waals surface area contributed by atoms with Gasteiger partial charge in [-0.2, -0.15) is 0 Å². The summed E-state index contributed by atoms with van der Waals surface area (Å²) in [5, 5.41) is 0.865. The average Bonchev–Trinajstić information content (AvgIpc) is 3.24. The molecule has 0 bridgehead atoms. The van der Waals surface area contributed by atoms with E-state index in [9.17, 15) is 9.18 Å². The van der Waals surface area contributed by atoms with Gasteiger partial charge in [-0.05, 0) is 49.4 Å². The maximum absolute atomic E-state index is 14.2. The monoisotopic (exact) mass is 428 g/mol. The van der Waals surface area contributed by atoms with Gasteiger partial charge in [-0.3, -0.25) is 4.79 Å². The Kier molecular flexibility index (Phi) is 5.13. The van der Waals surface area contributed by atoms with Crippen molar-refractivity contribution >= 4 is 22.5 Å². The third-order valence-corrected chi connectivity index (χ3v) is 6.16. The minimum atomic E-state index is -0.227. The summed E-state index contributed by atoms with van der Waals surface area (Å²) in [6, 6.07) is 18.7. The van der Waals surface area contributed by atoms with Gasteiger partial charge in [0.05, 0.1) is 28.2 Å². The van der Waals surface area contributed by atoms with Gasteiger partial charge < -0.3 is 14.4 Å². The predicted molar refractivity (Wildman–Crippen MR) is 125 cm³/mol. The number of aromatic nitrogens is 2. The molecule has 6 heteroatoms. The fourth-order valence-electron chi connectivity index (χ4n) is 4.40. The number of amides is 1. The molecule has 1 amide bonds. The molecule has 0 atom stereocenters. The average molecular weight is 429 g/mol. The quantitative estimate of drug-likeness (QED) is 0.477. The molecule has 1 fully saturated rings. The van der Waals surface area contributed by atoms with Crippen LogP contribution >= 0.6 is 0 Å². The molecule has 1 aliphatic heterocycles. The SMILES string of the molecule is Cc1ccc2nc(-c3cccn3C)cc(C(=O)N3CCN(c4ccccc4F)CC3)c2c1. The maximum atomic E-state index is 14.2. The van der Waals surface area contributed by atoms with Crippen LogP contribution in [0.1, 0.15) is 15.9 Å². The highest BCUT2D eigenvalue weighted by Crippen LogP contribution is 2.28. The second-order valence-corrected chi connectivity index (χ2v) is 8.31. The van der Waals surface area contributed by atoms with E-state index in [0.29, 0.717) is 37.4 Å². The molecule has 0 unspecified atom stereocenters. The Morgan fingerprint density at radius 1 is 0.969 bits per heavy atom. The lowest BCUT2D eigenvalue weighted by atomic mass is 10.0. The number of anilines is 1. The highest BCUT2D eigenvalue weighted by atomic mass is 19.1. The molecule has 1 saturated heterocycles. The zero-order valence-electron chi connectivity index (χ0n) is 18.3. The molecule has 2 aromatic carbocycles. The molecule has 0 N–H and O–H groups in total. The Morgan fingerprint density at radius 3 is 2.47 bits per heavy atom. The van der Waals surface area contributed by atoms with Crippen LogP contribution in [0.25, 0.3) is 22.3 Å². The first kappa shape index (κ1) is 20.2. The minimum absolute atomic E-state index is 0.00774. The van der Waals surface area contributed by atoms with Crippen LogP contribution in [-0.2, 0) is 7.05 Å². The van der Waals surface area contributed by atoms with E-state index in [1.54, 1.807) is 12.1 Å². The van der Waals surface area contributed by atoms with E-state index in [4.69, 9.17) is 4.98 Å². The normalized spacial score (nSPS) is 14.2. The van der Waals surface area contributed by atoms with Gasteiger partial charge >= 0.3 is 0 Å². The number of halogens is 1. The van der Waals surface area contributed by atoms with E-state index >= 15 is 0 Å². The molecular formula is C26H25FN4O. The standard InChI is InChI=1S/C26H25FN4O/c1-18-9-10-22-19(16-18)20(17-23(28-22)25-8-5-11-29(25)2)26(32)31-14-12-30(13-15-31)24-7-4-3-6-21(24)27/h3-11,16-17H,12-15H2,1-2H3. The zero-order chi connectivity index (χ0) is 22.2. The number of hydrogen-bond donors (Lipinski definition) is 0. The van der Waals surface area contributed by atoms with Crippen molar-refractivity contribution in [1.82, 2.24) is 14.5 Å². The number of fused-ring (bicyclic) bond motifs is 1. The topological polar surface area (TPSA) is 41.4 Å². The first-order valence-corrected chi connectivity index (χ1v) is 10.8. The number of nitrogens with zero attached hydrogens (tertiary/aromatic N) is 4. The Hall–Kier alpha value is -3.67. The lowest BCUT2D eigenvalue weighted by Crippen LogP contribution is -2.49. The number of rotatable bonds is 3. The highest BCUT2D eigenvalue weighted by molar-refractivity contribution is 6.07. The van der Waals surface area contributed by atoms with Crippen molar-refractivity contribution in [2.45, 2.75) is 6.92 Å². The summed E-state index contributed by atoms with van der Waals surface area (Å²) >= 11 is 0. The molecule has 2 aromatic heterocycles. The van der Waals surface area contributed by atoms with Gasteiger partial charge in [-0.25, -0.2) is 9.37 Å². The summed E-state index contributed by atoms with van der Waals surface area (Å²) in [6.45, 7) is 4.30. The van der Waals surface area contributed by atoms with Crippen LogP contribution in [0, 0.1) is 12.7 Å². The Balaban J connectivity index is 1.47. The van der Waals surface area contributed by atoms with Gasteiger partial charge in [0.2, 0.25) is 0 Å². The maximum Gasteiger partial charge on any atom is 0.254 e. The summed E-state index contributed by atoms with van der Waals surface area (Å²) < 4.78 is 16.2. The number of carbonyl (C=O) groups is 1. The van der Waals surface area contributed by atoms with E-state index < -0.39 is 0 Å². The summed E-state index contributed by atoms with van der Waals surface area (Å²) in [7, 11) is 1.97. The number of carbonyl (C=O) groups excluding carboxylic acids is 1. The number of piperazine rings is 1. The fourth-order valence-corrected chi connectivity index (χ4v) is 4.40. The molecule has 0 radical (unpaired) electrons. The third-order valence-electron chi connectivity index (χ3n) is 6.16. The van der Waals surface area contributed by atoms with Gasteiger partial charge in [0.1, 0.15) is 5.82 Å². The van der Waals surface area contributed by atoms with Crippen molar-refractivity contribution in [2.24, 2.45) is 7.05 Å². The van der Waals surface area contributed by atoms with Crippen LogP contribution in [0.2, 0.25) is 0 Å². The molecule has 0 aliphatic carbocycles. The molecule has 5 rings (SSSR count). The Bertz CT molecular complexity index is 1300. The molecule has 5 nitrogen and oxygen atoms in total. The van der Waals surface area contributed by atoms with E-state index in [0.717, 1.165) is 27.9 Å². The van der Waals surface area contributed by atoms with Crippen LogP contribution < -0.4 is 4.90 Å². The predicted octanol–water partition coefficient (Wildman–Crippen LogP) is 4.65. The van der Waals surface area contributed by atoms with E-state index in [1.807, 2.05) is 77.0 Å². The lowest BCUT2D eigenvalue weighted by Gasteiger charge is -2.36. The fraction of sp³-hybridized carbons (Fsp3) is 0.231. The molecular weight excluding hydrogens is 403 g/mol. The van der Waals surface area contributed by atoms with Gasteiger partial charge in [-0.15, -0.1) is 0 Å². The van der Waals surface area contributed by atoms with E-state index in [1.165, 1.54) is 6.07 Å². The summed E-state index contributed by atoms with van der Waals surface area (Å²) in [5.41, 5.74) is 4.89. The van der Waals surface area contributed by atoms with Crippen LogP contribution in [0.3, 0.4) is 0 Å². The van der Waals surface area contributed by atoms with Crippen LogP contribution in [0.4, 0.5) is 10.1 Å². The Morgan fingerprint density at radius 2 is 1.75 bits per heavy atom. The largest absolute Gasteiger partial charge is 0.366 e. The number of benzene rings is 2. The molecule has 162 valence electrons. The zero-order valence-corrected chi connectivity index (χ0v) is 18.3. The molecule has 1 aliphatic rings. The number of para-hydroxylation sites is 1. The molecule has 3 heterocycles. The molecule has 0 saturated carbocycles. The minimum Gasteiger partial charge on any atom is -0.366 e. The van der Waals surface area contributed by atoms with Crippen molar-refractivity contribution in [3.8, 4) is 11.4 Å². The first-order valence-electron chi connectivity index (χ1n) is 10.8.